The average molecular weight is 429 g/mol. The summed E-state index contributed by atoms with van der Waals surface area (Å²) in [6, 6.07) is 2.23. The van der Waals surface area contributed by atoms with Crippen LogP contribution >= 0.6 is 23.7 Å². The summed E-state index contributed by atoms with van der Waals surface area (Å²) in [6.07, 6.45) is 10.1. The Balaban J connectivity index is 1.43. The molecule has 3 aliphatic rings. The van der Waals surface area contributed by atoms with Gasteiger partial charge in [-0.25, -0.2) is 4.98 Å². The van der Waals surface area contributed by atoms with Crippen molar-refractivity contribution in [3.8, 4) is 0 Å². The summed E-state index contributed by atoms with van der Waals surface area (Å²) < 4.78 is 2.51. The second-order valence-corrected chi connectivity index (χ2v) is 10.0. The highest BCUT2D eigenvalue weighted by Gasteiger charge is 2.26. The van der Waals surface area contributed by atoms with Gasteiger partial charge in [-0.3, -0.25) is 0 Å². The maximum absolute atomic E-state index is 4.69. The minimum atomic E-state index is 1.00. The summed E-state index contributed by atoms with van der Waals surface area (Å²) in [6.45, 7) is 14.0. The van der Waals surface area contributed by atoms with E-state index in [2.05, 4.69) is 52.9 Å². The van der Waals surface area contributed by atoms with Crippen molar-refractivity contribution in [2.24, 2.45) is 0 Å². The van der Waals surface area contributed by atoms with Crippen LogP contribution in [0.3, 0.4) is 0 Å². The molecule has 0 N–H and O–H groups in total. The second-order valence-electron chi connectivity index (χ2n) is 8.05. The maximum Gasteiger partial charge on any atom is 0.131 e. The number of thioether (sulfide) groups is 1. The van der Waals surface area contributed by atoms with E-state index >= 15 is 0 Å². The number of allylic oxidation sites excluding steroid dienone is 3. The molecule has 0 saturated carbocycles. The van der Waals surface area contributed by atoms with Crippen LogP contribution < -0.4 is 4.90 Å². The fourth-order valence-electron chi connectivity index (χ4n) is 4.44. The number of nitrogens with zero attached hydrogens (tertiary/aromatic N) is 4. The molecule has 1 aliphatic carbocycles. The Morgan fingerprint density at radius 1 is 1.14 bits per heavy atom. The molecule has 2 saturated heterocycles. The van der Waals surface area contributed by atoms with E-state index in [0.717, 1.165) is 44.8 Å². The molecule has 3 heterocycles. The van der Waals surface area contributed by atoms with E-state index in [1.165, 1.54) is 51.7 Å². The summed E-state index contributed by atoms with van der Waals surface area (Å²) in [7, 11) is 0. The Labute approximate surface area is 184 Å². The SMILES string of the molecule is C=C(C1=C(SC)C=C(N2CCCS2)CC1)N1CCN(c2ncc(C)cc2C)CC1. The third-order valence-corrected chi connectivity index (χ3v) is 8.02. The zero-order chi connectivity index (χ0) is 20.4. The molecule has 1 aromatic rings. The zero-order valence-electron chi connectivity index (χ0n) is 17.9. The first-order valence-corrected chi connectivity index (χ1v) is 12.7. The third-order valence-electron chi connectivity index (χ3n) is 6.02. The number of rotatable bonds is 5. The lowest BCUT2D eigenvalue weighted by atomic mass is 9.98. The molecule has 4 nitrogen and oxygen atoms in total. The highest BCUT2D eigenvalue weighted by atomic mass is 32.2. The number of anilines is 1. The smallest absolute Gasteiger partial charge is 0.131 e. The summed E-state index contributed by atoms with van der Waals surface area (Å²) in [4.78, 5) is 11.0. The van der Waals surface area contributed by atoms with Gasteiger partial charge in [-0.15, -0.1) is 11.8 Å². The van der Waals surface area contributed by atoms with E-state index in [9.17, 15) is 0 Å². The molecular formula is C23H32N4S2. The predicted molar refractivity (Wildman–Crippen MR) is 128 cm³/mol. The van der Waals surface area contributed by atoms with Crippen LogP contribution in [-0.2, 0) is 0 Å². The van der Waals surface area contributed by atoms with Crippen LogP contribution in [0.15, 0.2) is 46.8 Å². The van der Waals surface area contributed by atoms with Crippen LogP contribution in [0, 0.1) is 13.8 Å². The quantitative estimate of drug-likeness (QED) is 0.613. The van der Waals surface area contributed by atoms with E-state index in [4.69, 9.17) is 4.98 Å². The maximum atomic E-state index is 4.69. The van der Waals surface area contributed by atoms with Crippen LogP contribution in [0.2, 0.25) is 0 Å². The van der Waals surface area contributed by atoms with E-state index in [0.29, 0.717) is 0 Å². The molecule has 0 bridgehead atoms. The first kappa shape index (κ1) is 20.7. The number of hydrogen-bond donors (Lipinski definition) is 0. The van der Waals surface area contributed by atoms with Gasteiger partial charge in [0.1, 0.15) is 5.82 Å². The van der Waals surface area contributed by atoms with Gasteiger partial charge >= 0.3 is 0 Å². The van der Waals surface area contributed by atoms with Gasteiger partial charge < -0.3 is 14.1 Å². The van der Waals surface area contributed by atoms with Gasteiger partial charge in [0, 0.05) is 61.0 Å². The lowest BCUT2D eigenvalue weighted by Crippen LogP contribution is -2.46. The van der Waals surface area contributed by atoms with Crippen molar-refractivity contribution in [2.45, 2.75) is 33.1 Å². The Morgan fingerprint density at radius 2 is 1.93 bits per heavy atom. The Hall–Kier alpha value is -1.53. The summed E-state index contributed by atoms with van der Waals surface area (Å²) in [5, 5.41) is 0. The normalized spacial score (nSPS) is 20.4. The van der Waals surface area contributed by atoms with Gasteiger partial charge in [0.25, 0.3) is 0 Å². The van der Waals surface area contributed by atoms with Crippen LogP contribution in [-0.4, -0.2) is 58.9 Å². The van der Waals surface area contributed by atoms with Crippen molar-refractivity contribution in [1.29, 1.82) is 0 Å². The van der Waals surface area contributed by atoms with Crippen LogP contribution in [0.1, 0.15) is 30.4 Å². The molecule has 2 aliphatic heterocycles. The van der Waals surface area contributed by atoms with Crippen molar-refractivity contribution in [3.05, 3.63) is 57.9 Å². The molecule has 1 aromatic heterocycles. The third kappa shape index (κ3) is 4.48. The van der Waals surface area contributed by atoms with Crippen molar-refractivity contribution >= 4 is 29.5 Å². The second kappa shape index (κ2) is 9.09. The van der Waals surface area contributed by atoms with E-state index in [1.807, 2.05) is 29.9 Å². The van der Waals surface area contributed by atoms with Crippen molar-refractivity contribution < 1.29 is 0 Å². The number of aryl methyl sites for hydroxylation is 2. The lowest BCUT2D eigenvalue weighted by Gasteiger charge is -2.39. The van der Waals surface area contributed by atoms with Crippen molar-refractivity contribution in [1.82, 2.24) is 14.2 Å². The molecule has 0 atom stereocenters. The number of hydrogen-bond acceptors (Lipinski definition) is 6. The molecule has 0 spiro atoms. The first-order chi connectivity index (χ1) is 14.1. The molecule has 0 amide bonds. The Bertz CT molecular complexity index is 831. The highest BCUT2D eigenvalue weighted by Crippen LogP contribution is 2.39. The van der Waals surface area contributed by atoms with Crippen molar-refractivity contribution in [3.63, 3.8) is 0 Å². The van der Waals surface area contributed by atoms with E-state index < -0.39 is 0 Å². The number of pyridine rings is 1. The molecule has 29 heavy (non-hydrogen) atoms. The Kier molecular flexibility index (Phi) is 6.50. The predicted octanol–water partition coefficient (Wildman–Crippen LogP) is 4.98. The average Bonchev–Trinajstić information content (AvgIpc) is 3.28. The highest BCUT2D eigenvalue weighted by molar-refractivity contribution is 8.02. The Morgan fingerprint density at radius 3 is 2.59 bits per heavy atom. The molecule has 0 unspecified atom stereocenters. The molecule has 2 fully saturated rings. The van der Waals surface area contributed by atoms with Gasteiger partial charge in [0.2, 0.25) is 0 Å². The van der Waals surface area contributed by atoms with Gasteiger partial charge in [0.05, 0.1) is 0 Å². The van der Waals surface area contributed by atoms with Gasteiger partial charge in [-0.2, -0.15) is 0 Å². The van der Waals surface area contributed by atoms with Crippen LogP contribution in [0.4, 0.5) is 5.82 Å². The fraction of sp³-hybridized carbons (Fsp3) is 0.522. The summed E-state index contributed by atoms with van der Waals surface area (Å²) in [5.41, 5.74) is 6.68. The number of aromatic nitrogens is 1. The summed E-state index contributed by atoms with van der Waals surface area (Å²) >= 11 is 3.86. The topological polar surface area (TPSA) is 22.6 Å². The molecule has 4 rings (SSSR count). The standard InChI is InChI=1S/C23H32N4S2/c1-17-14-18(2)23(24-16-17)26-11-9-25(10-12-26)19(3)21-7-6-20(15-22(21)28-4)27-8-5-13-29-27/h14-16H,3,5-13H2,1-2,4H3. The van der Waals surface area contributed by atoms with E-state index in [1.54, 1.807) is 0 Å². The fourth-order valence-corrected chi connectivity index (χ4v) is 6.21. The summed E-state index contributed by atoms with van der Waals surface area (Å²) in [5.74, 6) is 2.40. The molecule has 6 heteroatoms. The molecule has 0 aromatic carbocycles. The lowest BCUT2D eigenvalue weighted by molar-refractivity contribution is 0.324. The first-order valence-electron chi connectivity index (χ1n) is 10.6. The van der Waals surface area contributed by atoms with Crippen LogP contribution in [0.25, 0.3) is 0 Å². The molecule has 0 radical (unpaired) electrons. The van der Waals surface area contributed by atoms with Gasteiger partial charge in [0.15, 0.2) is 0 Å². The molecular weight excluding hydrogens is 396 g/mol. The largest absolute Gasteiger partial charge is 0.368 e. The molecule has 156 valence electrons. The number of piperazine rings is 1. The van der Waals surface area contributed by atoms with Gasteiger partial charge in [-0.05, 0) is 62.1 Å². The van der Waals surface area contributed by atoms with Crippen molar-refractivity contribution in [2.75, 3.05) is 49.6 Å². The minimum Gasteiger partial charge on any atom is -0.368 e. The zero-order valence-corrected chi connectivity index (χ0v) is 19.5. The monoisotopic (exact) mass is 428 g/mol. The van der Waals surface area contributed by atoms with Crippen LogP contribution in [0.5, 0.6) is 0 Å². The van der Waals surface area contributed by atoms with Gasteiger partial charge in [-0.1, -0.05) is 24.6 Å². The van der Waals surface area contributed by atoms with E-state index in [-0.39, 0.29) is 0 Å². The minimum absolute atomic E-state index is 1.00.